The zero-order chi connectivity index (χ0) is 14.7. The van der Waals surface area contributed by atoms with Gasteiger partial charge in [0.25, 0.3) is 0 Å². The predicted molar refractivity (Wildman–Crippen MR) is 75.0 cm³/mol. The topological polar surface area (TPSA) is 100 Å². The lowest BCUT2D eigenvalue weighted by molar-refractivity contribution is 0.199. The van der Waals surface area contributed by atoms with Gasteiger partial charge in [-0.1, -0.05) is 0 Å². The number of hydrazine groups is 1. The lowest BCUT2D eigenvalue weighted by Gasteiger charge is -2.32. The molecule has 0 amide bonds. The van der Waals surface area contributed by atoms with Crippen molar-refractivity contribution in [2.24, 2.45) is 5.84 Å². The number of sulfonamides is 1. The molecule has 0 atom stereocenters. The summed E-state index contributed by atoms with van der Waals surface area (Å²) >= 11 is 0. The van der Waals surface area contributed by atoms with Gasteiger partial charge in [-0.2, -0.15) is 0 Å². The molecular weight excluding hydrogens is 266 g/mol. The fourth-order valence-corrected chi connectivity index (χ4v) is 2.55. The third-order valence-electron chi connectivity index (χ3n) is 3.10. The van der Waals surface area contributed by atoms with Crippen LogP contribution in [0.5, 0.6) is 0 Å². The summed E-state index contributed by atoms with van der Waals surface area (Å²) in [5.74, 6) is 5.39. The number of nitrogens with one attached hydrogen (secondary N) is 2. The second-order valence-electron chi connectivity index (χ2n) is 5.03. The van der Waals surface area contributed by atoms with Crippen molar-refractivity contribution < 1.29 is 8.42 Å². The Hall–Kier alpha value is -1.22. The molecule has 0 aliphatic carbocycles. The summed E-state index contributed by atoms with van der Waals surface area (Å²) in [6.07, 6.45) is 1.47. The maximum Gasteiger partial charge on any atom is 0.244 e. The van der Waals surface area contributed by atoms with Gasteiger partial charge in [0.15, 0.2) is 5.82 Å². The predicted octanol–water partition coefficient (Wildman–Crippen LogP) is -0.0143. The van der Waals surface area contributed by atoms with Gasteiger partial charge in [0.2, 0.25) is 10.0 Å². The highest BCUT2D eigenvalue weighted by Gasteiger charge is 2.25. The molecule has 0 spiro atoms. The number of hydrogen-bond acceptors (Lipinski definition) is 6. The minimum Gasteiger partial charge on any atom is -0.307 e. The summed E-state index contributed by atoms with van der Waals surface area (Å²) in [5, 5.41) is 0. The number of likely N-dealkylation sites (N-methyl/N-ethyl adjacent to an activating group) is 1. The van der Waals surface area contributed by atoms with Crippen molar-refractivity contribution >= 4 is 15.8 Å². The van der Waals surface area contributed by atoms with Gasteiger partial charge >= 0.3 is 0 Å². The van der Waals surface area contributed by atoms with Crippen molar-refractivity contribution in [3.63, 3.8) is 0 Å². The second kappa shape index (κ2) is 5.83. The fourth-order valence-electron chi connectivity index (χ4n) is 1.22. The molecule has 0 aliphatic heterocycles. The molecule has 108 valence electrons. The molecule has 0 saturated heterocycles. The first-order valence-electron chi connectivity index (χ1n) is 5.79. The van der Waals surface area contributed by atoms with E-state index < -0.39 is 10.0 Å². The van der Waals surface area contributed by atoms with Crippen LogP contribution in [0.2, 0.25) is 0 Å². The standard InChI is InChI=1S/C11H21N5O2S/c1-11(2,16(3)4)8-14-19(17,18)9-6-5-7-13-10(9)15-12/h5-7,14H,8,12H2,1-4H3,(H,13,15). The zero-order valence-corrected chi connectivity index (χ0v) is 12.5. The van der Waals surface area contributed by atoms with Gasteiger partial charge in [-0.3, -0.25) is 0 Å². The molecule has 0 saturated carbocycles. The molecule has 1 aromatic rings. The van der Waals surface area contributed by atoms with Crippen LogP contribution in [-0.4, -0.2) is 44.5 Å². The number of anilines is 1. The number of hydrogen-bond donors (Lipinski definition) is 3. The van der Waals surface area contributed by atoms with Crippen LogP contribution in [0.1, 0.15) is 13.8 Å². The van der Waals surface area contributed by atoms with E-state index in [0.717, 1.165) is 0 Å². The van der Waals surface area contributed by atoms with Crippen LogP contribution in [0.25, 0.3) is 0 Å². The average Bonchev–Trinajstić information content (AvgIpc) is 2.36. The Morgan fingerprint density at radius 2 is 2.05 bits per heavy atom. The van der Waals surface area contributed by atoms with Crippen LogP contribution >= 0.6 is 0 Å². The highest BCUT2D eigenvalue weighted by atomic mass is 32.2. The summed E-state index contributed by atoms with van der Waals surface area (Å²) in [6.45, 7) is 4.17. The first-order valence-corrected chi connectivity index (χ1v) is 7.28. The normalized spacial score (nSPS) is 12.7. The van der Waals surface area contributed by atoms with E-state index in [0.29, 0.717) is 0 Å². The van der Waals surface area contributed by atoms with E-state index in [9.17, 15) is 8.42 Å². The summed E-state index contributed by atoms with van der Waals surface area (Å²) in [5.41, 5.74) is 1.98. The molecule has 0 bridgehead atoms. The highest BCUT2D eigenvalue weighted by molar-refractivity contribution is 7.89. The molecule has 1 aromatic heterocycles. The molecular formula is C11H21N5O2S. The van der Waals surface area contributed by atoms with E-state index in [2.05, 4.69) is 15.1 Å². The highest BCUT2D eigenvalue weighted by Crippen LogP contribution is 2.17. The van der Waals surface area contributed by atoms with Crippen molar-refractivity contribution in [1.82, 2.24) is 14.6 Å². The Bertz CT molecular complexity index is 528. The molecule has 0 fully saturated rings. The van der Waals surface area contributed by atoms with Crippen LogP contribution in [-0.2, 0) is 10.0 Å². The fraction of sp³-hybridized carbons (Fsp3) is 0.545. The molecule has 7 nitrogen and oxygen atoms in total. The lowest BCUT2D eigenvalue weighted by Crippen LogP contribution is -2.48. The number of aromatic nitrogens is 1. The van der Waals surface area contributed by atoms with Gasteiger partial charge in [-0.05, 0) is 40.1 Å². The minimum absolute atomic E-state index is 0.0343. The van der Waals surface area contributed by atoms with E-state index in [-0.39, 0.29) is 22.8 Å². The smallest absolute Gasteiger partial charge is 0.244 e. The van der Waals surface area contributed by atoms with Gasteiger partial charge < -0.3 is 10.3 Å². The second-order valence-corrected chi connectivity index (χ2v) is 6.76. The SMILES string of the molecule is CN(C)C(C)(C)CNS(=O)(=O)c1cccnc1NN. The average molecular weight is 287 g/mol. The van der Waals surface area contributed by atoms with E-state index in [1.807, 2.05) is 32.8 Å². The van der Waals surface area contributed by atoms with E-state index in [1.165, 1.54) is 12.3 Å². The molecule has 0 aliphatic rings. The molecule has 4 N–H and O–H groups in total. The van der Waals surface area contributed by atoms with Gasteiger partial charge in [-0.15, -0.1) is 0 Å². The number of nitrogen functional groups attached to an aromatic ring is 1. The van der Waals surface area contributed by atoms with Crippen LogP contribution in [0.3, 0.4) is 0 Å². The van der Waals surface area contributed by atoms with Gasteiger partial charge in [0, 0.05) is 18.3 Å². The van der Waals surface area contributed by atoms with Crippen molar-refractivity contribution in [2.45, 2.75) is 24.3 Å². The van der Waals surface area contributed by atoms with E-state index in [4.69, 9.17) is 5.84 Å². The number of pyridine rings is 1. The Morgan fingerprint density at radius 3 is 2.58 bits per heavy atom. The van der Waals surface area contributed by atoms with Crippen LogP contribution < -0.4 is 16.0 Å². The Morgan fingerprint density at radius 1 is 1.42 bits per heavy atom. The minimum atomic E-state index is -3.65. The number of nitrogens with two attached hydrogens (primary N) is 1. The maximum atomic E-state index is 12.2. The molecule has 8 heteroatoms. The van der Waals surface area contributed by atoms with Gasteiger partial charge in [0.1, 0.15) is 4.90 Å². The van der Waals surface area contributed by atoms with Crippen molar-refractivity contribution in [2.75, 3.05) is 26.1 Å². The Kier molecular flexibility index (Phi) is 4.86. The van der Waals surface area contributed by atoms with Crippen LogP contribution in [0.15, 0.2) is 23.2 Å². The zero-order valence-electron chi connectivity index (χ0n) is 11.6. The van der Waals surface area contributed by atoms with Crippen LogP contribution in [0, 0.1) is 0 Å². The number of nitrogens with zero attached hydrogens (tertiary/aromatic N) is 2. The monoisotopic (exact) mass is 287 g/mol. The third-order valence-corrected chi connectivity index (χ3v) is 4.54. The molecule has 0 radical (unpaired) electrons. The van der Waals surface area contributed by atoms with Crippen molar-refractivity contribution in [3.8, 4) is 0 Å². The first kappa shape index (κ1) is 15.8. The molecule has 1 heterocycles. The molecule has 19 heavy (non-hydrogen) atoms. The first-order chi connectivity index (χ1) is 8.70. The largest absolute Gasteiger partial charge is 0.307 e. The van der Waals surface area contributed by atoms with E-state index >= 15 is 0 Å². The van der Waals surface area contributed by atoms with Crippen molar-refractivity contribution in [1.29, 1.82) is 0 Å². The summed E-state index contributed by atoms with van der Waals surface area (Å²) < 4.78 is 27.0. The summed E-state index contributed by atoms with van der Waals surface area (Å²) in [4.78, 5) is 5.86. The molecule has 0 unspecified atom stereocenters. The van der Waals surface area contributed by atoms with Gasteiger partial charge in [-0.25, -0.2) is 24.0 Å². The summed E-state index contributed by atoms with van der Waals surface area (Å²) in [6, 6.07) is 3.00. The van der Waals surface area contributed by atoms with Crippen LogP contribution in [0.4, 0.5) is 5.82 Å². The van der Waals surface area contributed by atoms with Gasteiger partial charge in [0.05, 0.1) is 0 Å². The molecule has 1 rings (SSSR count). The number of rotatable bonds is 6. The Balaban J connectivity index is 2.94. The lowest BCUT2D eigenvalue weighted by atomic mass is 10.1. The van der Waals surface area contributed by atoms with E-state index in [1.54, 1.807) is 6.07 Å². The van der Waals surface area contributed by atoms with Crippen molar-refractivity contribution in [3.05, 3.63) is 18.3 Å². The molecule has 0 aromatic carbocycles. The third kappa shape index (κ3) is 3.87. The quantitative estimate of drug-likeness (QED) is 0.502. The Labute approximate surface area is 114 Å². The maximum absolute atomic E-state index is 12.2. The summed E-state index contributed by atoms with van der Waals surface area (Å²) in [7, 11) is 0.137.